The summed E-state index contributed by atoms with van der Waals surface area (Å²) >= 11 is 0. The molecule has 0 aromatic heterocycles. The van der Waals surface area contributed by atoms with E-state index in [1.807, 2.05) is 0 Å². The topological polar surface area (TPSA) is 37.0 Å². The van der Waals surface area contributed by atoms with Crippen molar-refractivity contribution in [2.45, 2.75) is 62.4 Å². The highest BCUT2D eigenvalue weighted by molar-refractivity contribution is 5.85. The summed E-state index contributed by atoms with van der Waals surface area (Å²) in [6.07, 6.45) is 6.47. The first-order chi connectivity index (χ1) is 13.8. The molecule has 0 saturated carbocycles. The number of rotatable bonds is 4. The second-order valence-electron chi connectivity index (χ2n) is 9.38. The fourth-order valence-corrected chi connectivity index (χ4v) is 5.89. The van der Waals surface area contributed by atoms with Gasteiger partial charge in [-0.05, 0) is 37.7 Å². The lowest BCUT2D eigenvalue weighted by Crippen LogP contribution is -2.60. The number of benzene rings is 1. The van der Waals surface area contributed by atoms with Crippen LogP contribution in [0.2, 0.25) is 0 Å². The minimum Gasteiger partial charge on any atom is -0.376 e. The van der Waals surface area contributed by atoms with Crippen molar-refractivity contribution >= 4 is 24.8 Å². The fraction of sp³-hybridized carbons (Fsp3) is 0.739. The maximum absolute atomic E-state index is 6.40. The van der Waals surface area contributed by atoms with Crippen LogP contribution in [0.25, 0.3) is 0 Å². The van der Waals surface area contributed by atoms with Crippen molar-refractivity contribution in [1.29, 1.82) is 0 Å². The summed E-state index contributed by atoms with van der Waals surface area (Å²) < 4.78 is 12.7. The molecule has 1 aromatic carbocycles. The summed E-state index contributed by atoms with van der Waals surface area (Å²) in [7, 11) is 0. The second kappa shape index (κ2) is 11.0. The molecule has 5 nitrogen and oxygen atoms in total. The average Bonchev–Trinajstić information content (AvgIpc) is 2.90. The number of halogens is 2. The van der Waals surface area contributed by atoms with Gasteiger partial charge in [-0.1, -0.05) is 30.3 Å². The third kappa shape index (κ3) is 5.89. The highest BCUT2D eigenvalue weighted by Gasteiger charge is 2.47. The SMILES string of the molecule is Cl.Cl.c1ccc(CN2CCCOC(CN3CCOC4(C[C@H]5CC[C@@H](C4)N5)C3)C2)cc1. The second-order valence-corrected chi connectivity index (χ2v) is 9.38. The van der Waals surface area contributed by atoms with Gasteiger partial charge in [0.05, 0.1) is 18.3 Å². The van der Waals surface area contributed by atoms with Crippen molar-refractivity contribution in [3.63, 3.8) is 0 Å². The molecule has 0 amide bonds. The van der Waals surface area contributed by atoms with Crippen molar-refractivity contribution < 1.29 is 9.47 Å². The Labute approximate surface area is 193 Å². The quantitative estimate of drug-likeness (QED) is 0.751. The van der Waals surface area contributed by atoms with Gasteiger partial charge in [-0.3, -0.25) is 9.80 Å². The Balaban J connectivity index is 0.00000128. The van der Waals surface area contributed by atoms with Crippen LogP contribution in [0.1, 0.15) is 37.7 Å². The molecule has 4 fully saturated rings. The molecule has 2 unspecified atom stereocenters. The van der Waals surface area contributed by atoms with E-state index >= 15 is 0 Å². The number of fused-ring (bicyclic) bond motifs is 2. The molecule has 4 saturated heterocycles. The smallest absolute Gasteiger partial charge is 0.0839 e. The minimum atomic E-state index is 0. The lowest BCUT2D eigenvalue weighted by molar-refractivity contribution is -0.138. The molecule has 7 heteroatoms. The van der Waals surface area contributed by atoms with E-state index in [4.69, 9.17) is 9.47 Å². The van der Waals surface area contributed by atoms with Crippen molar-refractivity contribution in [3.05, 3.63) is 35.9 Å². The molecule has 4 heterocycles. The van der Waals surface area contributed by atoms with Gasteiger partial charge in [0.25, 0.3) is 0 Å². The van der Waals surface area contributed by atoms with E-state index < -0.39 is 0 Å². The molecule has 0 radical (unpaired) electrons. The van der Waals surface area contributed by atoms with E-state index in [0.29, 0.717) is 18.2 Å². The molecule has 4 aliphatic rings. The largest absolute Gasteiger partial charge is 0.376 e. The molecule has 0 aliphatic carbocycles. The first-order valence-corrected chi connectivity index (χ1v) is 11.3. The molecule has 30 heavy (non-hydrogen) atoms. The van der Waals surface area contributed by atoms with Gasteiger partial charge in [0.1, 0.15) is 0 Å². The van der Waals surface area contributed by atoms with Crippen molar-refractivity contribution in [3.8, 4) is 0 Å². The Bertz CT molecular complexity index is 639. The van der Waals surface area contributed by atoms with E-state index in [1.165, 1.54) is 31.2 Å². The average molecular weight is 458 g/mol. The lowest BCUT2D eigenvalue weighted by Gasteiger charge is -2.48. The molecule has 4 aliphatic heterocycles. The Hall–Kier alpha value is -0.400. The highest BCUT2D eigenvalue weighted by atomic mass is 35.5. The van der Waals surface area contributed by atoms with Crippen LogP contribution in [-0.4, -0.2) is 79.5 Å². The van der Waals surface area contributed by atoms with Gasteiger partial charge in [0.15, 0.2) is 0 Å². The summed E-state index contributed by atoms with van der Waals surface area (Å²) in [4.78, 5) is 5.21. The van der Waals surface area contributed by atoms with E-state index in [9.17, 15) is 0 Å². The number of hydrogen-bond donors (Lipinski definition) is 1. The number of piperidine rings is 1. The van der Waals surface area contributed by atoms with Crippen molar-refractivity contribution in [1.82, 2.24) is 15.1 Å². The Kier molecular flexibility index (Phi) is 8.85. The van der Waals surface area contributed by atoms with E-state index in [0.717, 1.165) is 58.9 Å². The third-order valence-corrected chi connectivity index (χ3v) is 7.04. The van der Waals surface area contributed by atoms with E-state index in [1.54, 1.807) is 0 Å². The Morgan fingerprint density at radius 1 is 0.967 bits per heavy atom. The van der Waals surface area contributed by atoms with Crippen molar-refractivity contribution in [2.75, 3.05) is 45.9 Å². The van der Waals surface area contributed by atoms with Crippen LogP contribution in [0.15, 0.2) is 30.3 Å². The predicted octanol–water partition coefficient (Wildman–Crippen LogP) is 3.11. The van der Waals surface area contributed by atoms with Crippen LogP contribution in [0.3, 0.4) is 0 Å². The van der Waals surface area contributed by atoms with Gasteiger partial charge >= 0.3 is 0 Å². The predicted molar refractivity (Wildman–Crippen MR) is 125 cm³/mol. The van der Waals surface area contributed by atoms with Gasteiger partial charge < -0.3 is 14.8 Å². The molecule has 5 rings (SSSR count). The molecule has 170 valence electrons. The van der Waals surface area contributed by atoms with Crippen LogP contribution in [0.5, 0.6) is 0 Å². The number of morpholine rings is 1. The standard InChI is InChI=1S/C23H35N3O2.2ClH/c1-2-5-19(6-3-1)15-25-9-4-11-27-22(16-25)17-26-10-12-28-23(18-26)13-20-7-8-21(14-23)24-20;;/h1-3,5-6,20-22,24H,4,7-18H2;2*1H/t20-,21+,22?,23?;;. The molecule has 2 bridgehead atoms. The first kappa shape index (κ1) is 24.2. The summed E-state index contributed by atoms with van der Waals surface area (Å²) in [5.74, 6) is 0. The van der Waals surface area contributed by atoms with Gasteiger partial charge in [-0.25, -0.2) is 0 Å². The lowest BCUT2D eigenvalue weighted by atomic mass is 9.85. The van der Waals surface area contributed by atoms with Crippen LogP contribution in [0.4, 0.5) is 0 Å². The molecule has 4 atom stereocenters. The van der Waals surface area contributed by atoms with Gasteiger partial charge in [-0.2, -0.15) is 0 Å². The molecule has 1 N–H and O–H groups in total. The number of nitrogens with zero attached hydrogens (tertiary/aromatic N) is 2. The number of nitrogens with one attached hydrogen (secondary N) is 1. The molecular formula is C23H37Cl2N3O2. The van der Waals surface area contributed by atoms with Crippen LogP contribution in [0, 0.1) is 0 Å². The Morgan fingerprint density at radius 2 is 1.73 bits per heavy atom. The monoisotopic (exact) mass is 457 g/mol. The molecule has 1 aromatic rings. The maximum Gasteiger partial charge on any atom is 0.0839 e. The number of hydrogen-bond acceptors (Lipinski definition) is 5. The zero-order valence-corrected chi connectivity index (χ0v) is 19.5. The third-order valence-electron chi connectivity index (χ3n) is 7.04. The maximum atomic E-state index is 6.40. The highest BCUT2D eigenvalue weighted by Crippen LogP contribution is 2.38. The zero-order chi connectivity index (χ0) is 18.8. The van der Waals surface area contributed by atoms with Gasteiger partial charge in [-0.15, -0.1) is 24.8 Å². The summed E-state index contributed by atoms with van der Waals surface area (Å²) in [6, 6.07) is 12.2. The fourth-order valence-electron chi connectivity index (χ4n) is 5.89. The molecular weight excluding hydrogens is 421 g/mol. The normalized spacial score (nSPS) is 34.7. The van der Waals surface area contributed by atoms with Crippen molar-refractivity contribution in [2.24, 2.45) is 0 Å². The van der Waals surface area contributed by atoms with Crippen LogP contribution in [-0.2, 0) is 16.0 Å². The van der Waals surface area contributed by atoms with Gasteiger partial charge in [0, 0.05) is 58.0 Å². The summed E-state index contributed by atoms with van der Waals surface area (Å²) in [5, 5.41) is 3.77. The number of ether oxygens (including phenoxy) is 2. The molecule has 1 spiro atoms. The minimum absolute atomic E-state index is 0. The van der Waals surface area contributed by atoms with Gasteiger partial charge in [0.2, 0.25) is 0 Å². The van der Waals surface area contributed by atoms with E-state index in [2.05, 4.69) is 45.4 Å². The summed E-state index contributed by atoms with van der Waals surface area (Å²) in [6.45, 7) is 8.13. The van der Waals surface area contributed by atoms with Crippen LogP contribution >= 0.6 is 24.8 Å². The first-order valence-electron chi connectivity index (χ1n) is 11.3. The summed E-state index contributed by atoms with van der Waals surface area (Å²) in [5.41, 5.74) is 1.49. The zero-order valence-electron chi connectivity index (χ0n) is 17.8. The van der Waals surface area contributed by atoms with Crippen LogP contribution < -0.4 is 5.32 Å². The Morgan fingerprint density at radius 3 is 2.50 bits per heavy atom. The van der Waals surface area contributed by atoms with E-state index in [-0.39, 0.29) is 30.4 Å².